The summed E-state index contributed by atoms with van der Waals surface area (Å²) in [6.45, 7) is 5.33. The lowest BCUT2D eigenvalue weighted by atomic mass is 10.3. The Morgan fingerprint density at radius 1 is 1.06 bits per heavy atom. The average Bonchev–Trinajstić information content (AvgIpc) is 3.06. The fraction of sp³-hybridized carbons (Fsp3) is 1.00. The van der Waals surface area contributed by atoms with Crippen LogP contribution >= 0.6 is 0 Å². The van der Waals surface area contributed by atoms with Crippen molar-refractivity contribution in [1.29, 1.82) is 0 Å². The molecule has 0 spiro atoms. The van der Waals surface area contributed by atoms with Gasteiger partial charge in [0.2, 0.25) is 0 Å². The van der Waals surface area contributed by atoms with Gasteiger partial charge in [0.05, 0.1) is 13.2 Å². The van der Waals surface area contributed by atoms with E-state index in [1.807, 2.05) is 6.92 Å². The summed E-state index contributed by atoms with van der Waals surface area (Å²) in [6.07, 6.45) is 5.11. The van der Waals surface area contributed by atoms with Gasteiger partial charge in [-0.15, -0.1) is 0 Å². The molecule has 102 valence electrons. The Bertz CT molecular complexity index is 306. The number of ether oxygens (including phenoxy) is 1. The van der Waals surface area contributed by atoms with Crippen LogP contribution in [0, 0.1) is 0 Å². The summed E-state index contributed by atoms with van der Waals surface area (Å²) >= 11 is 0. The largest absolute Gasteiger partial charge is 0.380 e. The summed E-state index contributed by atoms with van der Waals surface area (Å²) in [4.78, 5) is 0. The molecular weight excluding hydrogens is 240 g/mol. The predicted molar refractivity (Wildman–Crippen MR) is 67.5 cm³/mol. The van der Waals surface area contributed by atoms with E-state index in [1.165, 1.54) is 0 Å². The smallest absolute Gasteiger partial charge is 0.275 e. The van der Waals surface area contributed by atoms with Crippen LogP contribution in [-0.4, -0.2) is 33.0 Å². The van der Waals surface area contributed by atoms with E-state index in [2.05, 4.69) is 6.92 Å². The van der Waals surface area contributed by atoms with E-state index in [9.17, 15) is 8.42 Å². The maximum atomic E-state index is 12.0. The number of rotatable bonds is 10. The first-order chi connectivity index (χ1) is 8.08. The zero-order chi connectivity index (χ0) is 12.8. The van der Waals surface area contributed by atoms with Crippen LogP contribution in [0.1, 0.15) is 52.4 Å². The number of hydrogen-bond acceptors (Lipinski definition) is 4. The van der Waals surface area contributed by atoms with Crippen LogP contribution in [0.25, 0.3) is 0 Å². The minimum absolute atomic E-state index is 0.293. The Balaban J connectivity index is 2.35. The first-order valence-corrected chi connectivity index (χ1v) is 7.95. The molecule has 1 fully saturated rings. The lowest BCUT2D eigenvalue weighted by molar-refractivity contribution is 0.123. The molecular formula is C12H24O4S. The molecule has 1 aliphatic carbocycles. The molecule has 0 saturated heterocycles. The molecule has 0 aromatic heterocycles. The average molecular weight is 264 g/mol. The second-order valence-corrected chi connectivity index (χ2v) is 6.73. The Hall–Kier alpha value is -0.130. The van der Waals surface area contributed by atoms with Gasteiger partial charge in [-0.3, -0.25) is 4.18 Å². The first-order valence-electron chi connectivity index (χ1n) is 6.55. The standard InChI is InChI=1S/C12H24O4S/c1-3-5-9-15-11-12(7-8-12)17(13,14)16-10-6-4-2/h3-11H2,1-2H3. The van der Waals surface area contributed by atoms with Gasteiger partial charge in [-0.05, 0) is 25.7 Å². The highest BCUT2D eigenvalue weighted by Gasteiger charge is 2.55. The first kappa shape index (κ1) is 14.9. The normalized spacial score (nSPS) is 18.2. The van der Waals surface area contributed by atoms with Gasteiger partial charge in [0, 0.05) is 6.61 Å². The van der Waals surface area contributed by atoms with Crippen LogP contribution in [0.15, 0.2) is 0 Å². The Labute approximate surface area is 105 Å². The van der Waals surface area contributed by atoms with Gasteiger partial charge in [-0.1, -0.05) is 26.7 Å². The minimum Gasteiger partial charge on any atom is -0.380 e. The topological polar surface area (TPSA) is 52.6 Å². The third-order valence-electron chi connectivity index (χ3n) is 3.08. The van der Waals surface area contributed by atoms with Crippen LogP contribution in [-0.2, 0) is 19.0 Å². The molecule has 1 rings (SSSR count). The van der Waals surface area contributed by atoms with Crippen molar-refractivity contribution in [1.82, 2.24) is 0 Å². The molecule has 0 heterocycles. The van der Waals surface area contributed by atoms with Crippen LogP contribution in [0.5, 0.6) is 0 Å². The Morgan fingerprint density at radius 2 is 1.65 bits per heavy atom. The van der Waals surface area contributed by atoms with E-state index < -0.39 is 14.9 Å². The van der Waals surface area contributed by atoms with E-state index in [-0.39, 0.29) is 0 Å². The molecule has 0 aromatic rings. The third-order valence-corrected chi connectivity index (χ3v) is 5.15. The fourth-order valence-electron chi connectivity index (χ4n) is 1.55. The summed E-state index contributed by atoms with van der Waals surface area (Å²) in [7, 11) is -3.43. The van der Waals surface area contributed by atoms with Crippen molar-refractivity contribution in [3.8, 4) is 0 Å². The highest BCUT2D eigenvalue weighted by atomic mass is 32.2. The van der Waals surface area contributed by atoms with Gasteiger partial charge in [-0.2, -0.15) is 8.42 Å². The van der Waals surface area contributed by atoms with Gasteiger partial charge in [0.15, 0.2) is 0 Å². The molecule has 0 aliphatic heterocycles. The molecule has 5 heteroatoms. The summed E-state index contributed by atoms with van der Waals surface area (Å²) in [5.41, 5.74) is 0. The molecule has 17 heavy (non-hydrogen) atoms. The summed E-state index contributed by atoms with van der Waals surface area (Å²) in [5, 5.41) is 0. The summed E-state index contributed by atoms with van der Waals surface area (Å²) in [5.74, 6) is 0. The van der Waals surface area contributed by atoms with Crippen LogP contribution < -0.4 is 0 Å². The Morgan fingerprint density at radius 3 is 2.18 bits per heavy atom. The van der Waals surface area contributed by atoms with Crippen molar-refractivity contribution in [2.24, 2.45) is 0 Å². The molecule has 0 bridgehead atoms. The number of unbranched alkanes of at least 4 members (excludes halogenated alkanes) is 2. The quantitative estimate of drug-likeness (QED) is 0.449. The zero-order valence-corrected chi connectivity index (χ0v) is 11.7. The van der Waals surface area contributed by atoms with E-state index in [4.69, 9.17) is 8.92 Å². The molecule has 1 saturated carbocycles. The lowest BCUT2D eigenvalue weighted by Crippen LogP contribution is -2.31. The van der Waals surface area contributed by atoms with Crippen molar-refractivity contribution in [2.75, 3.05) is 19.8 Å². The van der Waals surface area contributed by atoms with Crippen LogP contribution in [0.3, 0.4) is 0 Å². The molecule has 0 atom stereocenters. The molecule has 0 N–H and O–H groups in total. The molecule has 0 amide bonds. The highest BCUT2D eigenvalue weighted by molar-refractivity contribution is 7.88. The number of hydrogen-bond donors (Lipinski definition) is 0. The van der Waals surface area contributed by atoms with Gasteiger partial charge >= 0.3 is 0 Å². The van der Waals surface area contributed by atoms with Crippen molar-refractivity contribution in [2.45, 2.75) is 57.1 Å². The second-order valence-electron chi connectivity index (χ2n) is 4.72. The molecule has 1 aliphatic rings. The monoisotopic (exact) mass is 264 g/mol. The lowest BCUT2D eigenvalue weighted by Gasteiger charge is -2.16. The molecule has 4 nitrogen and oxygen atoms in total. The van der Waals surface area contributed by atoms with E-state index >= 15 is 0 Å². The molecule has 0 unspecified atom stereocenters. The zero-order valence-electron chi connectivity index (χ0n) is 10.9. The molecule has 0 aromatic carbocycles. The predicted octanol–water partition coefficient (Wildman–Crippen LogP) is 2.48. The SMILES string of the molecule is CCCCOCC1(S(=O)(=O)OCCCC)CC1. The van der Waals surface area contributed by atoms with Crippen LogP contribution in [0.2, 0.25) is 0 Å². The summed E-state index contributed by atoms with van der Waals surface area (Å²) < 4.78 is 33.7. The van der Waals surface area contributed by atoms with Gasteiger partial charge in [0.25, 0.3) is 10.1 Å². The highest BCUT2D eigenvalue weighted by Crippen LogP contribution is 2.44. The van der Waals surface area contributed by atoms with Crippen molar-refractivity contribution < 1.29 is 17.3 Å². The molecule has 0 radical (unpaired) electrons. The van der Waals surface area contributed by atoms with E-state index in [1.54, 1.807) is 0 Å². The maximum absolute atomic E-state index is 12.0. The summed E-state index contributed by atoms with van der Waals surface area (Å²) in [6, 6.07) is 0. The second kappa shape index (κ2) is 6.71. The van der Waals surface area contributed by atoms with Crippen molar-refractivity contribution >= 4 is 10.1 Å². The Kier molecular flexibility index (Phi) is 5.89. The van der Waals surface area contributed by atoms with Crippen LogP contribution in [0.4, 0.5) is 0 Å². The van der Waals surface area contributed by atoms with E-state index in [0.29, 0.717) is 32.7 Å². The maximum Gasteiger partial charge on any atom is 0.275 e. The van der Waals surface area contributed by atoms with Crippen molar-refractivity contribution in [3.63, 3.8) is 0 Å². The van der Waals surface area contributed by atoms with E-state index in [0.717, 1.165) is 25.7 Å². The minimum atomic E-state index is -3.43. The van der Waals surface area contributed by atoms with Gasteiger partial charge in [-0.25, -0.2) is 0 Å². The third kappa shape index (κ3) is 4.23. The fourth-order valence-corrected chi connectivity index (χ4v) is 2.97. The van der Waals surface area contributed by atoms with Gasteiger partial charge < -0.3 is 4.74 Å². The van der Waals surface area contributed by atoms with Crippen molar-refractivity contribution in [3.05, 3.63) is 0 Å². The van der Waals surface area contributed by atoms with Gasteiger partial charge in [0.1, 0.15) is 4.75 Å².